The fourth-order valence-corrected chi connectivity index (χ4v) is 3.21. The molecule has 27 heavy (non-hydrogen) atoms. The van der Waals surface area contributed by atoms with E-state index in [-0.39, 0.29) is 24.6 Å². The number of carbonyl (C=O) groups excluding carboxylic acids is 2. The van der Waals surface area contributed by atoms with Gasteiger partial charge < -0.3 is 10.2 Å². The highest BCUT2D eigenvalue weighted by Gasteiger charge is 2.36. The summed E-state index contributed by atoms with van der Waals surface area (Å²) in [5.74, 6) is -1.24. The number of amides is 2. The zero-order valence-electron chi connectivity index (χ0n) is 14.7. The molecular weight excluding hydrogens is 357 g/mol. The molecule has 1 aliphatic heterocycles. The number of aryl methyl sites for hydroxylation is 1. The number of alkyl halides is 3. The number of anilines is 2. The number of hydrogen-bond donors (Lipinski definition) is 1. The van der Waals surface area contributed by atoms with Gasteiger partial charge in [-0.15, -0.1) is 0 Å². The van der Waals surface area contributed by atoms with Gasteiger partial charge in [0.1, 0.15) is 0 Å². The van der Waals surface area contributed by atoms with Crippen LogP contribution in [-0.4, -0.2) is 18.4 Å². The standard InChI is InChI=1S/C20H19F3N2O2/c1-2-13-6-3-4-9-17(13)25-12-14(10-18(25)26)19(27)24-16-8-5-7-15(11-16)20(21,22)23/h3-9,11,14H,2,10,12H2,1H3,(H,24,27)/t14-/m0/s1. The summed E-state index contributed by atoms with van der Waals surface area (Å²) >= 11 is 0. The van der Waals surface area contributed by atoms with E-state index in [2.05, 4.69) is 5.32 Å². The molecule has 0 radical (unpaired) electrons. The van der Waals surface area contributed by atoms with Gasteiger partial charge in [0, 0.05) is 24.3 Å². The first-order chi connectivity index (χ1) is 12.8. The van der Waals surface area contributed by atoms with E-state index >= 15 is 0 Å². The van der Waals surface area contributed by atoms with Crippen LogP contribution in [0.2, 0.25) is 0 Å². The van der Waals surface area contributed by atoms with E-state index in [9.17, 15) is 22.8 Å². The Morgan fingerprint density at radius 3 is 2.63 bits per heavy atom. The molecule has 2 aromatic carbocycles. The van der Waals surface area contributed by atoms with Gasteiger partial charge in [0.2, 0.25) is 11.8 Å². The Morgan fingerprint density at radius 1 is 1.19 bits per heavy atom. The Morgan fingerprint density at radius 2 is 1.93 bits per heavy atom. The lowest BCUT2D eigenvalue weighted by Crippen LogP contribution is -2.28. The van der Waals surface area contributed by atoms with Gasteiger partial charge in [-0.1, -0.05) is 31.2 Å². The van der Waals surface area contributed by atoms with Crippen molar-refractivity contribution in [1.82, 2.24) is 0 Å². The first kappa shape index (κ1) is 18.9. The summed E-state index contributed by atoms with van der Waals surface area (Å²) in [6, 6.07) is 12.0. The average Bonchev–Trinajstić information content (AvgIpc) is 3.03. The van der Waals surface area contributed by atoms with E-state index in [1.165, 1.54) is 12.1 Å². The summed E-state index contributed by atoms with van der Waals surface area (Å²) < 4.78 is 38.4. The van der Waals surface area contributed by atoms with Crippen LogP contribution in [0.25, 0.3) is 0 Å². The molecule has 0 saturated carbocycles. The molecule has 0 aromatic heterocycles. The molecule has 0 spiro atoms. The molecule has 1 fully saturated rings. The number of nitrogens with one attached hydrogen (secondary N) is 1. The largest absolute Gasteiger partial charge is 0.416 e. The minimum atomic E-state index is -4.48. The molecule has 1 aliphatic rings. The van der Waals surface area contributed by atoms with Gasteiger partial charge in [-0.05, 0) is 36.2 Å². The normalized spacial score (nSPS) is 17.3. The number of hydrogen-bond acceptors (Lipinski definition) is 2. The molecule has 7 heteroatoms. The average molecular weight is 376 g/mol. The molecule has 1 heterocycles. The van der Waals surface area contributed by atoms with Gasteiger partial charge in [0.15, 0.2) is 0 Å². The Bertz CT molecular complexity index is 864. The van der Waals surface area contributed by atoms with Crippen molar-refractivity contribution in [3.05, 3.63) is 59.7 Å². The van der Waals surface area contributed by atoms with Crippen LogP contribution < -0.4 is 10.2 Å². The third-order valence-corrected chi connectivity index (χ3v) is 4.62. The first-order valence-electron chi connectivity index (χ1n) is 8.66. The molecule has 0 bridgehead atoms. The fraction of sp³-hybridized carbons (Fsp3) is 0.300. The summed E-state index contributed by atoms with van der Waals surface area (Å²) in [4.78, 5) is 26.5. The first-order valence-corrected chi connectivity index (χ1v) is 8.66. The second-order valence-corrected chi connectivity index (χ2v) is 6.46. The van der Waals surface area contributed by atoms with E-state index in [0.29, 0.717) is 0 Å². The lowest BCUT2D eigenvalue weighted by molar-refractivity contribution is -0.137. The van der Waals surface area contributed by atoms with Crippen molar-refractivity contribution < 1.29 is 22.8 Å². The second kappa shape index (κ2) is 7.42. The van der Waals surface area contributed by atoms with Crippen molar-refractivity contribution in [2.75, 3.05) is 16.8 Å². The number of para-hydroxylation sites is 1. The fourth-order valence-electron chi connectivity index (χ4n) is 3.21. The van der Waals surface area contributed by atoms with E-state index in [1.54, 1.807) is 4.90 Å². The smallest absolute Gasteiger partial charge is 0.326 e. The van der Waals surface area contributed by atoms with Crippen molar-refractivity contribution in [3.8, 4) is 0 Å². The van der Waals surface area contributed by atoms with Crippen molar-refractivity contribution in [1.29, 1.82) is 0 Å². The van der Waals surface area contributed by atoms with Crippen molar-refractivity contribution >= 4 is 23.2 Å². The Kier molecular flexibility index (Phi) is 5.21. The van der Waals surface area contributed by atoms with Gasteiger partial charge in [0.25, 0.3) is 0 Å². The van der Waals surface area contributed by atoms with E-state index in [0.717, 1.165) is 29.8 Å². The quantitative estimate of drug-likeness (QED) is 0.867. The topological polar surface area (TPSA) is 49.4 Å². The predicted octanol–water partition coefficient (Wildman–Crippen LogP) is 4.26. The van der Waals surface area contributed by atoms with Gasteiger partial charge in [-0.2, -0.15) is 13.2 Å². The second-order valence-electron chi connectivity index (χ2n) is 6.46. The lowest BCUT2D eigenvalue weighted by Gasteiger charge is -2.20. The zero-order chi connectivity index (χ0) is 19.6. The number of nitrogens with zero attached hydrogens (tertiary/aromatic N) is 1. The van der Waals surface area contributed by atoms with Gasteiger partial charge in [0.05, 0.1) is 11.5 Å². The van der Waals surface area contributed by atoms with Crippen LogP contribution in [-0.2, 0) is 22.2 Å². The molecule has 1 saturated heterocycles. The van der Waals surface area contributed by atoms with Gasteiger partial charge in [-0.3, -0.25) is 9.59 Å². The Balaban J connectivity index is 1.73. The van der Waals surface area contributed by atoms with Crippen LogP contribution in [0.3, 0.4) is 0 Å². The van der Waals surface area contributed by atoms with E-state index in [1.807, 2.05) is 31.2 Å². The maximum Gasteiger partial charge on any atom is 0.416 e. The summed E-state index contributed by atoms with van der Waals surface area (Å²) in [6.45, 7) is 2.19. The highest BCUT2D eigenvalue weighted by molar-refractivity contribution is 6.03. The van der Waals surface area contributed by atoms with Crippen LogP contribution in [0.15, 0.2) is 48.5 Å². The summed E-state index contributed by atoms with van der Waals surface area (Å²) in [7, 11) is 0. The summed E-state index contributed by atoms with van der Waals surface area (Å²) in [6.07, 6.45) is -3.70. The number of halogens is 3. The molecule has 142 valence electrons. The number of rotatable bonds is 4. The van der Waals surface area contributed by atoms with Crippen LogP contribution in [0, 0.1) is 5.92 Å². The van der Waals surface area contributed by atoms with E-state index < -0.39 is 23.6 Å². The zero-order valence-corrected chi connectivity index (χ0v) is 14.7. The molecule has 2 aromatic rings. The molecule has 2 amide bonds. The van der Waals surface area contributed by atoms with Crippen molar-refractivity contribution in [2.24, 2.45) is 5.92 Å². The highest BCUT2D eigenvalue weighted by atomic mass is 19.4. The van der Waals surface area contributed by atoms with E-state index in [4.69, 9.17) is 0 Å². The maximum atomic E-state index is 12.8. The van der Waals surface area contributed by atoms with Crippen molar-refractivity contribution in [2.45, 2.75) is 25.9 Å². The lowest BCUT2D eigenvalue weighted by atomic mass is 10.1. The monoisotopic (exact) mass is 376 g/mol. The molecule has 4 nitrogen and oxygen atoms in total. The summed E-state index contributed by atoms with van der Waals surface area (Å²) in [5.41, 5.74) is 1.01. The Hall–Kier alpha value is -2.83. The van der Waals surface area contributed by atoms with Crippen LogP contribution in [0.5, 0.6) is 0 Å². The van der Waals surface area contributed by atoms with Crippen molar-refractivity contribution in [3.63, 3.8) is 0 Å². The van der Waals surface area contributed by atoms with Gasteiger partial charge in [-0.25, -0.2) is 0 Å². The molecule has 0 unspecified atom stereocenters. The maximum absolute atomic E-state index is 12.8. The predicted molar refractivity (Wildman–Crippen MR) is 96.4 cm³/mol. The minimum Gasteiger partial charge on any atom is -0.326 e. The van der Waals surface area contributed by atoms with Crippen LogP contribution >= 0.6 is 0 Å². The molecule has 3 rings (SSSR count). The molecular formula is C20H19F3N2O2. The molecule has 1 atom stereocenters. The number of benzene rings is 2. The SMILES string of the molecule is CCc1ccccc1N1C[C@@H](C(=O)Nc2cccc(C(F)(F)F)c2)CC1=O. The minimum absolute atomic E-state index is 0.0306. The van der Waals surface area contributed by atoms with Gasteiger partial charge >= 0.3 is 6.18 Å². The number of carbonyl (C=O) groups is 2. The van der Waals surface area contributed by atoms with Crippen LogP contribution in [0.1, 0.15) is 24.5 Å². The Labute approximate surface area is 155 Å². The molecule has 0 aliphatic carbocycles. The van der Waals surface area contributed by atoms with Crippen LogP contribution in [0.4, 0.5) is 24.5 Å². The highest BCUT2D eigenvalue weighted by Crippen LogP contribution is 2.32. The third kappa shape index (κ3) is 4.13. The molecule has 1 N–H and O–H groups in total. The third-order valence-electron chi connectivity index (χ3n) is 4.62. The summed E-state index contributed by atoms with van der Waals surface area (Å²) in [5, 5.41) is 2.50.